The molecule has 0 aromatic heterocycles. The summed E-state index contributed by atoms with van der Waals surface area (Å²) in [6.07, 6.45) is 1.30. The average molecular weight is 272 g/mol. The van der Waals surface area contributed by atoms with Crippen LogP contribution in [0, 0.1) is 0 Å². The molecule has 4 heteroatoms. The van der Waals surface area contributed by atoms with Crippen LogP contribution in [-0.4, -0.2) is 17.3 Å². The summed E-state index contributed by atoms with van der Waals surface area (Å²) < 4.78 is 5.60. The number of benzene rings is 1. The van der Waals surface area contributed by atoms with Gasteiger partial charge in [-0.25, -0.2) is 0 Å². The summed E-state index contributed by atoms with van der Waals surface area (Å²) in [6, 6.07) is 5.44. The van der Waals surface area contributed by atoms with Gasteiger partial charge in [0.15, 0.2) is 0 Å². The minimum absolute atomic E-state index is 0.0558. The molecule has 3 nitrogen and oxygen atoms in total. The summed E-state index contributed by atoms with van der Waals surface area (Å²) >= 11 is 6.13. The fourth-order valence-electron chi connectivity index (χ4n) is 1.58. The molecule has 1 atom stereocenters. The normalized spacial score (nSPS) is 13.4. The van der Waals surface area contributed by atoms with E-state index in [2.05, 4.69) is 0 Å². The van der Waals surface area contributed by atoms with Crippen molar-refractivity contribution in [2.75, 3.05) is 6.61 Å². The number of ether oxygens (including phenoxy) is 1. The van der Waals surface area contributed by atoms with Crippen LogP contribution >= 0.6 is 11.6 Å². The Morgan fingerprint density at radius 2 is 2.00 bits per heavy atom. The summed E-state index contributed by atoms with van der Waals surface area (Å²) in [4.78, 5) is 0. The number of hydrogen-bond acceptors (Lipinski definition) is 3. The lowest BCUT2D eigenvalue weighted by molar-refractivity contribution is -0.0113. The molecule has 0 aliphatic heterocycles. The molecule has 0 amide bonds. The highest BCUT2D eigenvalue weighted by Gasteiger charge is 2.23. The molecule has 1 aromatic rings. The van der Waals surface area contributed by atoms with Crippen molar-refractivity contribution in [1.82, 2.24) is 0 Å². The Kier molecular flexibility index (Phi) is 5.45. The van der Waals surface area contributed by atoms with E-state index in [0.29, 0.717) is 23.6 Å². The van der Waals surface area contributed by atoms with Crippen LogP contribution in [0.1, 0.15) is 45.2 Å². The molecule has 0 aliphatic rings. The van der Waals surface area contributed by atoms with E-state index in [1.165, 1.54) is 0 Å². The zero-order chi connectivity index (χ0) is 13.8. The lowest BCUT2D eigenvalue weighted by atomic mass is 9.99. The minimum Gasteiger partial charge on any atom is -0.489 e. The summed E-state index contributed by atoms with van der Waals surface area (Å²) in [7, 11) is 0. The molecule has 102 valence electrons. The molecular formula is C14H22ClNO2. The second-order valence-electron chi connectivity index (χ2n) is 4.70. The van der Waals surface area contributed by atoms with Crippen LogP contribution in [0.2, 0.25) is 5.02 Å². The number of aliphatic hydroxyl groups is 1. The molecule has 0 saturated heterocycles. The van der Waals surface area contributed by atoms with Crippen molar-refractivity contribution < 1.29 is 9.84 Å². The zero-order valence-electron chi connectivity index (χ0n) is 11.2. The van der Waals surface area contributed by atoms with Gasteiger partial charge in [0.2, 0.25) is 0 Å². The van der Waals surface area contributed by atoms with E-state index in [-0.39, 0.29) is 12.6 Å². The van der Waals surface area contributed by atoms with Crippen molar-refractivity contribution in [3.63, 3.8) is 0 Å². The quantitative estimate of drug-likeness (QED) is 0.835. The number of hydrogen-bond donors (Lipinski definition) is 2. The second kappa shape index (κ2) is 6.41. The number of nitrogens with two attached hydrogens (primary N) is 1. The van der Waals surface area contributed by atoms with Gasteiger partial charge >= 0.3 is 0 Å². The van der Waals surface area contributed by atoms with E-state index in [1.807, 2.05) is 26.8 Å². The molecular weight excluding hydrogens is 250 g/mol. The van der Waals surface area contributed by atoms with Crippen LogP contribution in [0.15, 0.2) is 18.2 Å². The lowest BCUT2D eigenvalue weighted by Crippen LogP contribution is -2.34. The first-order valence-corrected chi connectivity index (χ1v) is 6.70. The van der Waals surface area contributed by atoms with Crippen LogP contribution in [0.4, 0.5) is 0 Å². The van der Waals surface area contributed by atoms with Crippen molar-refractivity contribution >= 4 is 11.6 Å². The van der Waals surface area contributed by atoms with Gasteiger partial charge < -0.3 is 15.6 Å². The van der Waals surface area contributed by atoms with Crippen molar-refractivity contribution in [3.05, 3.63) is 28.8 Å². The first kappa shape index (κ1) is 15.3. The van der Waals surface area contributed by atoms with Gasteiger partial charge in [-0.1, -0.05) is 31.5 Å². The third-order valence-electron chi connectivity index (χ3n) is 3.29. The molecule has 0 saturated carbocycles. The van der Waals surface area contributed by atoms with E-state index >= 15 is 0 Å². The Hall–Kier alpha value is -0.770. The van der Waals surface area contributed by atoms with Gasteiger partial charge in [0.05, 0.1) is 10.6 Å². The van der Waals surface area contributed by atoms with Crippen LogP contribution in [0.5, 0.6) is 5.75 Å². The van der Waals surface area contributed by atoms with E-state index in [4.69, 9.17) is 22.1 Å². The van der Waals surface area contributed by atoms with Gasteiger partial charge in [0.25, 0.3) is 0 Å². The first-order chi connectivity index (χ1) is 8.41. The van der Waals surface area contributed by atoms with Gasteiger partial charge in [-0.3, -0.25) is 0 Å². The van der Waals surface area contributed by atoms with Crippen LogP contribution in [-0.2, 0) is 0 Å². The third-order valence-corrected chi connectivity index (χ3v) is 3.59. The maximum absolute atomic E-state index is 10.1. The van der Waals surface area contributed by atoms with E-state index in [0.717, 1.165) is 5.56 Å². The van der Waals surface area contributed by atoms with E-state index < -0.39 is 5.60 Å². The standard InChI is InChI=1S/C14H22ClNO2/c1-4-14(17,5-2)9-18-13-7-6-11(10(3)16)8-12(13)15/h6-8,10,17H,4-5,9,16H2,1-3H3/t10-/m1/s1. The minimum atomic E-state index is -0.789. The number of rotatable bonds is 6. The molecule has 0 bridgehead atoms. The molecule has 18 heavy (non-hydrogen) atoms. The fraction of sp³-hybridized carbons (Fsp3) is 0.571. The molecule has 0 unspecified atom stereocenters. The van der Waals surface area contributed by atoms with Crippen molar-refractivity contribution in [1.29, 1.82) is 0 Å². The maximum Gasteiger partial charge on any atom is 0.138 e. The van der Waals surface area contributed by atoms with Crippen molar-refractivity contribution in [2.45, 2.75) is 45.3 Å². The molecule has 0 spiro atoms. The highest BCUT2D eigenvalue weighted by molar-refractivity contribution is 6.32. The Morgan fingerprint density at radius 1 is 1.39 bits per heavy atom. The Labute approximate surface area is 114 Å². The zero-order valence-corrected chi connectivity index (χ0v) is 12.0. The predicted molar refractivity (Wildman–Crippen MR) is 75.1 cm³/mol. The Bertz CT molecular complexity index is 389. The van der Waals surface area contributed by atoms with Crippen LogP contribution in [0.25, 0.3) is 0 Å². The van der Waals surface area contributed by atoms with Gasteiger partial charge in [-0.2, -0.15) is 0 Å². The largest absolute Gasteiger partial charge is 0.489 e. The second-order valence-corrected chi connectivity index (χ2v) is 5.11. The predicted octanol–water partition coefficient (Wildman–Crippen LogP) is 3.29. The van der Waals surface area contributed by atoms with Gasteiger partial charge in [0.1, 0.15) is 12.4 Å². The molecule has 0 aliphatic carbocycles. The SMILES string of the molecule is CCC(O)(CC)COc1ccc([C@@H](C)N)cc1Cl. The smallest absolute Gasteiger partial charge is 0.138 e. The van der Waals surface area contributed by atoms with Gasteiger partial charge in [-0.15, -0.1) is 0 Å². The van der Waals surface area contributed by atoms with Crippen LogP contribution in [0.3, 0.4) is 0 Å². The van der Waals surface area contributed by atoms with Crippen molar-refractivity contribution in [3.8, 4) is 5.75 Å². The summed E-state index contributed by atoms with van der Waals surface area (Å²) in [5, 5.41) is 10.7. The maximum atomic E-state index is 10.1. The molecule has 3 N–H and O–H groups in total. The van der Waals surface area contributed by atoms with Crippen LogP contribution < -0.4 is 10.5 Å². The number of halogens is 1. The molecule has 1 rings (SSSR count). The summed E-state index contributed by atoms with van der Waals surface area (Å²) in [5.41, 5.74) is 5.96. The fourth-order valence-corrected chi connectivity index (χ4v) is 1.83. The lowest BCUT2D eigenvalue weighted by Gasteiger charge is -2.25. The van der Waals surface area contributed by atoms with Gasteiger partial charge in [0, 0.05) is 6.04 Å². The third kappa shape index (κ3) is 3.87. The molecule has 0 heterocycles. The highest BCUT2D eigenvalue weighted by atomic mass is 35.5. The monoisotopic (exact) mass is 271 g/mol. The van der Waals surface area contributed by atoms with E-state index in [9.17, 15) is 5.11 Å². The highest BCUT2D eigenvalue weighted by Crippen LogP contribution is 2.28. The van der Waals surface area contributed by atoms with Gasteiger partial charge in [-0.05, 0) is 37.5 Å². The molecule has 1 aromatic carbocycles. The van der Waals surface area contributed by atoms with E-state index in [1.54, 1.807) is 12.1 Å². The summed E-state index contributed by atoms with van der Waals surface area (Å²) in [6.45, 7) is 6.03. The average Bonchev–Trinajstić information content (AvgIpc) is 2.36. The Balaban J connectivity index is 2.74. The molecule has 0 radical (unpaired) electrons. The summed E-state index contributed by atoms with van der Waals surface area (Å²) in [5.74, 6) is 0.585. The molecule has 0 fully saturated rings. The van der Waals surface area contributed by atoms with Crippen molar-refractivity contribution in [2.24, 2.45) is 5.73 Å². The first-order valence-electron chi connectivity index (χ1n) is 6.32. The Morgan fingerprint density at radius 3 is 2.44 bits per heavy atom. The topological polar surface area (TPSA) is 55.5 Å².